The van der Waals surface area contributed by atoms with Crippen molar-refractivity contribution in [2.24, 2.45) is 0 Å². The standard InChI is InChI=1S/C14H10N4OS2/c1-2-5-12-11(4-1)16-17-18(12)19-8-10-9-21-14(15-10)13-6-3-7-20-13/h1-7,9H,8H2. The minimum atomic E-state index is 0.370. The number of thiazole rings is 1. The van der Waals surface area contributed by atoms with Gasteiger partial charge in [-0.1, -0.05) is 23.0 Å². The molecule has 0 spiro atoms. The second-order valence-corrected chi connectivity index (χ2v) is 6.15. The molecule has 0 saturated heterocycles. The third kappa shape index (κ3) is 2.41. The maximum Gasteiger partial charge on any atom is 0.160 e. The van der Waals surface area contributed by atoms with Gasteiger partial charge in [-0.25, -0.2) is 4.98 Å². The topological polar surface area (TPSA) is 52.8 Å². The Morgan fingerprint density at radius 2 is 2.05 bits per heavy atom. The molecule has 0 aliphatic carbocycles. The summed E-state index contributed by atoms with van der Waals surface area (Å²) in [5.74, 6) is 0. The number of thiophene rings is 1. The highest BCUT2D eigenvalue weighted by Gasteiger charge is 2.08. The summed E-state index contributed by atoms with van der Waals surface area (Å²) in [5.41, 5.74) is 2.56. The van der Waals surface area contributed by atoms with E-state index < -0.39 is 0 Å². The van der Waals surface area contributed by atoms with Crippen molar-refractivity contribution in [3.8, 4) is 9.88 Å². The van der Waals surface area contributed by atoms with Gasteiger partial charge < -0.3 is 4.84 Å². The fourth-order valence-electron chi connectivity index (χ4n) is 1.96. The van der Waals surface area contributed by atoms with Crippen LogP contribution in [0.5, 0.6) is 0 Å². The van der Waals surface area contributed by atoms with Gasteiger partial charge in [0.05, 0.1) is 10.6 Å². The molecule has 3 aromatic heterocycles. The Morgan fingerprint density at radius 1 is 1.10 bits per heavy atom. The third-order valence-corrected chi connectivity index (χ3v) is 4.87. The van der Waals surface area contributed by atoms with E-state index in [0.29, 0.717) is 6.61 Å². The Balaban J connectivity index is 1.52. The number of aromatic nitrogens is 4. The fraction of sp³-hybridized carbons (Fsp3) is 0.0714. The van der Waals surface area contributed by atoms with Crippen molar-refractivity contribution >= 4 is 33.7 Å². The third-order valence-electron chi connectivity index (χ3n) is 2.94. The molecule has 0 aliphatic rings. The van der Waals surface area contributed by atoms with Gasteiger partial charge in [0.25, 0.3) is 0 Å². The lowest BCUT2D eigenvalue weighted by atomic mass is 10.3. The molecule has 104 valence electrons. The molecule has 0 aliphatic heterocycles. The second-order valence-electron chi connectivity index (χ2n) is 4.35. The van der Waals surface area contributed by atoms with Crippen molar-refractivity contribution < 1.29 is 4.84 Å². The van der Waals surface area contributed by atoms with Gasteiger partial charge in [-0.3, -0.25) is 0 Å². The zero-order valence-corrected chi connectivity index (χ0v) is 12.5. The summed E-state index contributed by atoms with van der Waals surface area (Å²) in [4.78, 5) is 12.9. The highest BCUT2D eigenvalue weighted by Crippen LogP contribution is 2.27. The molecule has 0 atom stereocenters. The number of para-hydroxylation sites is 1. The van der Waals surface area contributed by atoms with Crippen LogP contribution in [-0.4, -0.2) is 20.1 Å². The number of benzene rings is 1. The molecule has 0 unspecified atom stereocenters. The first-order valence-corrected chi connectivity index (χ1v) is 8.08. The van der Waals surface area contributed by atoms with E-state index in [-0.39, 0.29) is 0 Å². The highest BCUT2D eigenvalue weighted by molar-refractivity contribution is 7.20. The molecule has 0 N–H and O–H groups in total. The van der Waals surface area contributed by atoms with Crippen molar-refractivity contribution in [2.75, 3.05) is 0 Å². The maximum absolute atomic E-state index is 5.67. The highest BCUT2D eigenvalue weighted by atomic mass is 32.1. The van der Waals surface area contributed by atoms with Crippen molar-refractivity contribution in [2.45, 2.75) is 6.61 Å². The molecular formula is C14H10N4OS2. The van der Waals surface area contributed by atoms with Gasteiger partial charge in [-0.2, -0.15) is 0 Å². The molecule has 5 nitrogen and oxygen atoms in total. The first kappa shape index (κ1) is 12.5. The molecule has 4 rings (SSSR count). The first-order chi connectivity index (χ1) is 10.4. The Hall–Kier alpha value is -2.25. The smallest absolute Gasteiger partial charge is 0.160 e. The van der Waals surface area contributed by atoms with E-state index in [1.54, 1.807) is 22.7 Å². The van der Waals surface area contributed by atoms with Crippen LogP contribution in [0.25, 0.3) is 20.9 Å². The largest absolute Gasteiger partial charge is 0.388 e. The van der Waals surface area contributed by atoms with E-state index >= 15 is 0 Å². The van der Waals surface area contributed by atoms with E-state index in [1.165, 1.54) is 9.72 Å². The van der Waals surface area contributed by atoms with Crippen molar-refractivity contribution in [1.29, 1.82) is 0 Å². The molecule has 4 aromatic rings. The monoisotopic (exact) mass is 314 g/mol. The summed E-state index contributed by atoms with van der Waals surface area (Å²) in [6.07, 6.45) is 0. The van der Waals surface area contributed by atoms with Crippen molar-refractivity contribution in [3.63, 3.8) is 0 Å². The molecule has 1 aromatic carbocycles. The van der Waals surface area contributed by atoms with Crippen LogP contribution >= 0.6 is 22.7 Å². The summed E-state index contributed by atoms with van der Waals surface area (Å²) in [7, 11) is 0. The lowest BCUT2D eigenvalue weighted by molar-refractivity contribution is 0.0735. The number of hydrogen-bond donors (Lipinski definition) is 0. The number of hydrogen-bond acceptors (Lipinski definition) is 6. The van der Waals surface area contributed by atoms with Crippen molar-refractivity contribution in [1.82, 2.24) is 20.1 Å². The SMILES string of the molecule is c1csc(-c2nc(COn3nnc4ccccc43)cs2)c1. The van der Waals surface area contributed by atoms with E-state index in [1.807, 2.05) is 35.7 Å². The van der Waals surface area contributed by atoms with Crippen LogP contribution in [0.3, 0.4) is 0 Å². The molecule has 3 heterocycles. The van der Waals surface area contributed by atoms with Gasteiger partial charge in [0.1, 0.15) is 16.0 Å². The summed E-state index contributed by atoms with van der Waals surface area (Å²) in [6, 6.07) is 11.8. The zero-order valence-electron chi connectivity index (χ0n) is 10.8. The van der Waals surface area contributed by atoms with Gasteiger partial charge >= 0.3 is 0 Å². The number of nitrogens with zero attached hydrogens (tertiary/aromatic N) is 4. The number of fused-ring (bicyclic) bond motifs is 1. The van der Waals surface area contributed by atoms with E-state index in [4.69, 9.17) is 4.84 Å². The van der Waals surface area contributed by atoms with E-state index in [0.717, 1.165) is 21.7 Å². The van der Waals surface area contributed by atoms with E-state index in [2.05, 4.69) is 26.7 Å². The van der Waals surface area contributed by atoms with Crippen molar-refractivity contribution in [3.05, 3.63) is 52.9 Å². The van der Waals surface area contributed by atoms with Gasteiger partial charge in [0.2, 0.25) is 0 Å². The van der Waals surface area contributed by atoms with Crippen LogP contribution in [0.1, 0.15) is 5.69 Å². The minimum absolute atomic E-state index is 0.370. The Morgan fingerprint density at radius 3 is 2.95 bits per heavy atom. The molecule has 0 fully saturated rings. The molecular weight excluding hydrogens is 304 g/mol. The molecule has 0 amide bonds. The molecule has 21 heavy (non-hydrogen) atoms. The van der Waals surface area contributed by atoms with Gasteiger partial charge in [-0.15, -0.1) is 27.8 Å². The van der Waals surface area contributed by atoms with Gasteiger partial charge in [0, 0.05) is 5.38 Å². The number of rotatable bonds is 4. The van der Waals surface area contributed by atoms with Crippen LogP contribution < -0.4 is 4.84 Å². The lowest BCUT2D eigenvalue weighted by Gasteiger charge is -2.02. The quantitative estimate of drug-likeness (QED) is 0.580. The Kier molecular flexibility index (Phi) is 3.13. The fourth-order valence-corrected chi connectivity index (χ4v) is 3.58. The van der Waals surface area contributed by atoms with Crippen LogP contribution in [0.15, 0.2) is 47.2 Å². The maximum atomic E-state index is 5.67. The average Bonchev–Trinajstić information content (AvgIpc) is 3.25. The Labute approximate surface area is 128 Å². The predicted molar refractivity (Wildman–Crippen MR) is 83.2 cm³/mol. The van der Waals surface area contributed by atoms with Gasteiger partial charge in [-0.05, 0) is 28.8 Å². The second kappa shape index (κ2) is 5.27. The summed E-state index contributed by atoms with van der Waals surface area (Å²) in [6.45, 7) is 0.370. The molecule has 0 saturated carbocycles. The van der Waals surface area contributed by atoms with Crippen LogP contribution in [0.4, 0.5) is 0 Å². The molecule has 7 heteroatoms. The minimum Gasteiger partial charge on any atom is -0.388 e. The first-order valence-electron chi connectivity index (χ1n) is 6.32. The molecule has 0 radical (unpaired) electrons. The molecule has 0 bridgehead atoms. The zero-order chi connectivity index (χ0) is 14.1. The van der Waals surface area contributed by atoms with Crippen LogP contribution in [-0.2, 0) is 6.61 Å². The van der Waals surface area contributed by atoms with Crippen LogP contribution in [0, 0.1) is 0 Å². The predicted octanol–water partition coefficient (Wildman–Crippen LogP) is 3.25. The average molecular weight is 314 g/mol. The van der Waals surface area contributed by atoms with E-state index in [9.17, 15) is 0 Å². The summed E-state index contributed by atoms with van der Waals surface area (Å²) in [5, 5.41) is 13.1. The summed E-state index contributed by atoms with van der Waals surface area (Å²) >= 11 is 3.31. The normalized spacial score (nSPS) is 11.0. The lowest BCUT2D eigenvalue weighted by Crippen LogP contribution is -2.12. The Bertz CT molecular complexity index is 866. The van der Waals surface area contributed by atoms with Crippen LogP contribution in [0.2, 0.25) is 0 Å². The van der Waals surface area contributed by atoms with Gasteiger partial charge in [0.15, 0.2) is 6.61 Å². The summed E-state index contributed by atoms with van der Waals surface area (Å²) < 4.78 is 0.